The fourth-order valence-corrected chi connectivity index (χ4v) is 4.24. The van der Waals surface area contributed by atoms with E-state index in [9.17, 15) is 12.8 Å². The molecule has 2 heterocycles. The Morgan fingerprint density at radius 2 is 2.00 bits per heavy atom. The second-order valence-corrected chi connectivity index (χ2v) is 7.69. The van der Waals surface area contributed by atoms with Crippen LogP contribution in [0.15, 0.2) is 41.7 Å². The molecule has 1 aliphatic rings. The molecule has 6 nitrogen and oxygen atoms in total. The normalized spacial score (nSPS) is 16.9. The SMILES string of the molecule is O=S(=O)(c1ccc(F)c(Cl)c1)N1CCC(Oc2cnccn2)CC1. The van der Waals surface area contributed by atoms with E-state index < -0.39 is 15.8 Å². The summed E-state index contributed by atoms with van der Waals surface area (Å²) in [7, 11) is -3.70. The van der Waals surface area contributed by atoms with Gasteiger partial charge >= 0.3 is 0 Å². The minimum Gasteiger partial charge on any atom is -0.473 e. The highest BCUT2D eigenvalue weighted by molar-refractivity contribution is 7.89. The summed E-state index contributed by atoms with van der Waals surface area (Å²) < 4.78 is 45.5. The van der Waals surface area contributed by atoms with Gasteiger partial charge in [0.1, 0.15) is 11.9 Å². The number of rotatable bonds is 4. The Bertz CT molecular complexity index is 812. The van der Waals surface area contributed by atoms with Crippen molar-refractivity contribution in [2.45, 2.75) is 23.8 Å². The van der Waals surface area contributed by atoms with Crippen molar-refractivity contribution in [3.63, 3.8) is 0 Å². The molecule has 0 spiro atoms. The van der Waals surface area contributed by atoms with Crippen LogP contribution in [-0.2, 0) is 10.0 Å². The van der Waals surface area contributed by atoms with Gasteiger partial charge in [-0.2, -0.15) is 4.31 Å². The highest BCUT2D eigenvalue weighted by atomic mass is 35.5. The Labute approximate surface area is 144 Å². The van der Waals surface area contributed by atoms with Crippen molar-refractivity contribution >= 4 is 21.6 Å². The predicted molar refractivity (Wildman–Crippen MR) is 85.9 cm³/mol. The van der Waals surface area contributed by atoms with Crippen molar-refractivity contribution in [2.75, 3.05) is 13.1 Å². The van der Waals surface area contributed by atoms with Gasteiger partial charge in [-0.25, -0.2) is 17.8 Å². The van der Waals surface area contributed by atoms with Crippen molar-refractivity contribution in [3.8, 4) is 5.88 Å². The largest absolute Gasteiger partial charge is 0.473 e. The zero-order valence-electron chi connectivity index (χ0n) is 12.6. The summed E-state index contributed by atoms with van der Waals surface area (Å²) in [5.41, 5.74) is 0. The van der Waals surface area contributed by atoms with Crippen molar-refractivity contribution < 1.29 is 17.5 Å². The number of nitrogens with zero attached hydrogens (tertiary/aromatic N) is 3. The molecule has 1 fully saturated rings. The number of benzene rings is 1. The first kappa shape index (κ1) is 17.1. The molecular formula is C15H15ClFN3O3S. The quantitative estimate of drug-likeness (QED) is 0.825. The molecule has 0 unspecified atom stereocenters. The second-order valence-electron chi connectivity index (χ2n) is 5.34. The number of sulfonamides is 1. The van der Waals surface area contributed by atoms with E-state index in [0.29, 0.717) is 31.8 Å². The lowest BCUT2D eigenvalue weighted by atomic mass is 10.1. The predicted octanol–water partition coefficient (Wildman–Crippen LogP) is 2.50. The number of hydrogen-bond acceptors (Lipinski definition) is 5. The molecule has 1 aliphatic heterocycles. The van der Waals surface area contributed by atoms with Crippen LogP contribution in [0.3, 0.4) is 0 Å². The van der Waals surface area contributed by atoms with E-state index in [1.54, 1.807) is 6.20 Å². The summed E-state index contributed by atoms with van der Waals surface area (Å²) in [6, 6.07) is 3.41. The zero-order valence-corrected chi connectivity index (χ0v) is 14.2. The number of piperidine rings is 1. The fourth-order valence-electron chi connectivity index (χ4n) is 2.49. The molecule has 1 saturated heterocycles. The van der Waals surface area contributed by atoms with E-state index in [1.165, 1.54) is 22.8 Å². The van der Waals surface area contributed by atoms with Gasteiger partial charge in [0.25, 0.3) is 0 Å². The third kappa shape index (κ3) is 3.66. The van der Waals surface area contributed by atoms with Crippen LogP contribution in [0.5, 0.6) is 5.88 Å². The Morgan fingerprint density at radius 3 is 2.62 bits per heavy atom. The Balaban J connectivity index is 1.66. The molecule has 24 heavy (non-hydrogen) atoms. The van der Waals surface area contributed by atoms with E-state index in [0.717, 1.165) is 12.1 Å². The van der Waals surface area contributed by atoms with E-state index in [2.05, 4.69) is 9.97 Å². The van der Waals surface area contributed by atoms with Crippen LogP contribution in [0.25, 0.3) is 0 Å². The fraction of sp³-hybridized carbons (Fsp3) is 0.333. The molecule has 0 saturated carbocycles. The van der Waals surface area contributed by atoms with Gasteiger partial charge in [-0.3, -0.25) is 4.98 Å². The minimum atomic E-state index is -3.70. The summed E-state index contributed by atoms with van der Waals surface area (Å²) >= 11 is 5.68. The van der Waals surface area contributed by atoms with E-state index in [-0.39, 0.29) is 16.0 Å². The lowest BCUT2D eigenvalue weighted by Gasteiger charge is -2.31. The van der Waals surface area contributed by atoms with Crippen molar-refractivity contribution in [2.24, 2.45) is 0 Å². The average molecular weight is 372 g/mol. The number of ether oxygens (including phenoxy) is 1. The highest BCUT2D eigenvalue weighted by Gasteiger charge is 2.30. The van der Waals surface area contributed by atoms with E-state index >= 15 is 0 Å². The van der Waals surface area contributed by atoms with Crippen LogP contribution >= 0.6 is 11.6 Å². The van der Waals surface area contributed by atoms with Crippen molar-refractivity contribution in [1.82, 2.24) is 14.3 Å². The maximum atomic E-state index is 13.2. The summed E-state index contributed by atoms with van der Waals surface area (Å²) in [5.74, 6) is -0.226. The van der Waals surface area contributed by atoms with Crippen LogP contribution in [0.1, 0.15) is 12.8 Å². The molecule has 3 rings (SSSR count). The average Bonchev–Trinajstić information content (AvgIpc) is 2.58. The van der Waals surface area contributed by atoms with Crippen LogP contribution in [0.2, 0.25) is 5.02 Å². The van der Waals surface area contributed by atoms with Crippen LogP contribution in [-0.4, -0.2) is 41.9 Å². The maximum absolute atomic E-state index is 13.2. The highest BCUT2D eigenvalue weighted by Crippen LogP contribution is 2.25. The van der Waals surface area contributed by atoms with Gasteiger partial charge in [-0.05, 0) is 31.0 Å². The maximum Gasteiger partial charge on any atom is 0.243 e. The summed E-state index contributed by atoms with van der Waals surface area (Å²) in [6.45, 7) is 0.616. The van der Waals surface area contributed by atoms with Crippen LogP contribution in [0.4, 0.5) is 4.39 Å². The van der Waals surface area contributed by atoms with Gasteiger partial charge < -0.3 is 4.74 Å². The molecule has 0 bridgehead atoms. The molecule has 0 radical (unpaired) electrons. The first-order chi connectivity index (χ1) is 11.5. The zero-order chi connectivity index (χ0) is 17.2. The second kappa shape index (κ2) is 7.00. The van der Waals surface area contributed by atoms with E-state index in [1.807, 2.05) is 0 Å². The minimum absolute atomic E-state index is 0.0119. The number of halogens is 2. The third-order valence-electron chi connectivity index (χ3n) is 3.76. The van der Waals surface area contributed by atoms with Gasteiger partial charge in [-0.1, -0.05) is 11.6 Å². The number of aromatic nitrogens is 2. The van der Waals surface area contributed by atoms with E-state index in [4.69, 9.17) is 16.3 Å². The molecule has 0 N–H and O–H groups in total. The van der Waals surface area contributed by atoms with Gasteiger partial charge in [0, 0.05) is 25.5 Å². The first-order valence-corrected chi connectivity index (χ1v) is 9.16. The Kier molecular flexibility index (Phi) is 4.98. The lowest BCUT2D eigenvalue weighted by Crippen LogP contribution is -2.41. The Morgan fingerprint density at radius 1 is 1.25 bits per heavy atom. The molecule has 0 aliphatic carbocycles. The molecule has 128 valence electrons. The summed E-state index contributed by atoms with van der Waals surface area (Å²) in [6.07, 6.45) is 5.55. The topological polar surface area (TPSA) is 72.4 Å². The van der Waals surface area contributed by atoms with Gasteiger partial charge in [-0.15, -0.1) is 0 Å². The number of hydrogen-bond donors (Lipinski definition) is 0. The smallest absolute Gasteiger partial charge is 0.243 e. The van der Waals surface area contributed by atoms with Crippen LogP contribution < -0.4 is 4.74 Å². The molecule has 2 aromatic rings. The van der Waals surface area contributed by atoms with Gasteiger partial charge in [0.05, 0.1) is 16.1 Å². The van der Waals surface area contributed by atoms with Gasteiger partial charge in [0.2, 0.25) is 15.9 Å². The molecule has 9 heteroatoms. The molecule has 1 aromatic carbocycles. The van der Waals surface area contributed by atoms with Crippen molar-refractivity contribution in [1.29, 1.82) is 0 Å². The standard InChI is InChI=1S/C15H15ClFN3O3S/c16-13-9-12(1-2-14(13)17)24(21,22)20-7-3-11(4-8-20)23-15-10-18-5-6-19-15/h1-2,5-6,9-11H,3-4,7-8H2. The monoisotopic (exact) mass is 371 g/mol. The summed E-state index contributed by atoms with van der Waals surface area (Å²) in [4.78, 5) is 7.95. The van der Waals surface area contributed by atoms with Gasteiger partial charge in [0.15, 0.2) is 0 Å². The molecular weight excluding hydrogens is 357 g/mol. The molecule has 0 atom stereocenters. The molecule has 0 amide bonds. The molecule has 1 aromatic heterocycles. The third-order valence-corrected chi connectivity index (χ3v) is 5.94. The summed E-state index contributed by atoms with van der Waals surface area (Å²) in [5, 5.41) is -0.211. The Hall–Kier alpha value is -1.77. The van der Waals surface area contributed by atoms with Crippen LogP contribution in [0, 0.1) is 5.82 Å². The first-order valence-electron chi connectivity index (χ1n) is 7.35. The lowest BCUT2D eigenvalue weighted by molar-refractivity contribution is 0.129. The van der Waals surface area contributed by atoms with Crippen molar-refractivity contribution in [3.05, 3.63) is 47.6 Å².